The molecule has 0 radical (unpaired) electrons. The molecular formula is C23H21Cl2N5O2S2. The summed E-state index contributed by atoms with van der Waals surface area (Å²) in [7, 11) is 0. The van der Waals surface area contributed by atoms with E-state index in [1.807, 2.05) is 54.1 Å². The number of carbonyl (C=O) groups excluding carboxylic acids is 1. The van der Waals surface area contributed by atoms with E-state index in [0.29, 0.717) is 38.5 Å². The molecule has 1 N–H and O–H groups in total. The van der Waals surface area contributed by atoms with Crippen molar-refractivity contribution >= 4 is 57.3 Å². The van der Waals surface area contributed by atoms with Gasteiger partial charge in [-0.3, -0.25) is 4.79 Å². The van der Waals surface area contributed by atoms with Gasteiger partial charge in [0.2, 0.25) is 5.91 Å². The van der Waals surface area contributed by atoms with Crippen molar-refractivity contribution in [2.45, 2.75) is 31.7 Å². The summed E-state index contributed by atoms with van der Waals surface area (Å²) in [5.41, 5.74) is 1.84. The fraction of sp³-hybridized carbons (Fsp3) is 0.217. The topological polar surface area (TPSA) is 81.9 Å². The summed E-state index contributed by atoms with van der Waals surface area (Å²) in [4.78, 5) is 17.0. The Morgan fingerprint density at radius 1 is 1.21 bits per heavy atom. The first-order valence-corrected chi connectivity index (χ1v) is 13.0. The molecule has 4 aromatic rings. The van der Waals surface area contributed by atoms with Gasteiger partial charge in [0.15, 0.2) is 22.2 Å². The number of halogens is 2. The van der Waals surface area contributed by atoms with Crippen LogP contribution in [0, 0.1) is 0 Å². The van der Waals surface area contributed by atoms with E-state index in [-0.39, 0.29) is 11.7 Å². The molecular weight excluding hydrogens is 513 g/mol. The number of aromatic nitrogens is 4. The first-order chi connectivity index (χ1) is 16.4. The van der Waals surface area contributed by atoms with Crippen LogP contribution in [-0.4, -0.2) is 31.4 Å². The fourth-order valence-corrected chi connectivity index (χ4v) is 5.04. The average Bonchev–Trinajstić information content (AvgIpc) is 3.47. The van der Waals surface area contributed by atoms with Gasteiger partial charge in [-0.2, -0.15) is 0 Å². The average molecular weight is 534 g/mol. The van der Waals surface area contributed by atoms with Gasteiger partial charge in [0.25, 0.3) is 0 Å². The number of thiazole rings is 1. The second-order valence-corrected chi connectivity index (χ2v) is 9.80. The normalized spacial score (nSPS) is 11.9. The minimum absolute atomic E-state index is 0.166. The highest BCUT2D eigenvalue weighted by atomic mass is 35.5. The lowest BCUT2D eigenvalue weighted by molar-refractivity contribution is -0.113. The van der Waals surface area contributed by atoms with Crippen molar-refractivity contribution < 1.29 is 9.53 Å². The molecule has 34 heavy (non-hydrogen) atoms. The largest absolute Gasteiger partial charge is 0.481 e. The number of rotatable bonds is 9. The Hall–Kier alpha value is -2.59. The molecule has 0 aliphatic carbocycles. The Balaban J connectivity index is 1.37. The molecule has 0 aliphatic heterocycles. The van der Waals surface area contributed by atoms with Crippen molar-refractivity contribution in [3.05, 3.63) is 69.8 Å². The van der Waals surface area contributed by atoms with Crippen molar-refractivity contribution in [2.75, 3.05) is 11.1 Å². The number of carbonyl (C=O) groups is 1. The number of thioether (sulfide) groups is 1. The summed E-state index contributed by atoms with van der Waals surface area (Å²) in [6.45, 7) is 4.47. The van der Waals surface area contributed by atoms with Gasteiger partial charge in [0, 0.05) is 28.6 Å². The van der Waals surface area contributed by atoms with Crippen molar-refractivity contribution in [1.82, 2.24) is 19.7 Å². The van der Waals surface area contributed by atoms with Crippen molar-refractivity contribution in [2.24, 2.45) is 0 Å². The molecule has 4 rings (SSSR count). The minimum atomic E-state index is -0.418. The molecule has 0 spiro atoms. The van der Waals surface area contributed by atoms with E-state index < -0.39 is 6.10 Å². The second-order valence-electron chi connectivity index (χ2n) is 7.16. The summed E-state index contributed by atoms with van der Waals surface area (Å²) in [6, 6.07) is 14.9. The Bertz CT molecular complexity index is 1280. The fourth-order valence-electron chi connectivity index (χ4n) is 3.17. The Morgan fingerprint density at radius 3 is 2.76 bits per heavy atom. The quantitative estimate of drug-likeness (QED) is 0.244. The molecule has 0 saturated heterocycles. The van der Waals surface area contributed by atoms with Gasteiger partial charge in [-0.25, -0.2) is 4.98 Å². The van der Waals surface area contributed by atoms with Crippen LogP contribution < -0.4 is 10.1 Å². The lowest BCUT2D eigenvalue weighted by atomic mass is 10.2. The van der Waals surface area contributed by atoms with Gasteiger partial charge in [0.1, 0.15) is 5.75 Å². The molecule has 11 heteroatoms. The maximum absolute atomic E-state index is 12.5. The van der Waals surface area contributed by atoms with E-state index in [1.54, 1.807) is 18.2 Å². The highest BCUT2D eigenvalue weighted by molar-refractivity contribution is 7.99. The second kappa shape index (κ2) is 11.2. The van der Waals surface area contributed by atoms with Gasteiger partial charge in [-0.1, -0.05) is 65.3 Å². The first-order valence-electron chi connectivity index (χ1n) is 10.4. The third kappa shape index (κ3) is 5.90. The zero-order valence-electron chi connectivity index (χ0n) is 18.4. The van der Waals surface area contributed by atoms with Crippen molar-refractivity contribution in [1.29, 1.82) is 0 Å². The summed E-state index contributed by atoms with van der Waals surface area (Å²) in [5.74, 6) is 1.11. The monoisotopic (exact) mass is 533 g/mol. The van der Waals surface area contributed by atoms with Gasteiger partial charge in [0.05, 0.1) is 16.5 Å². The smallest absolute Gasteiger partial charge is 0.236 e. The molecule has 0 bridgehead atoms. The number of benzene rings is 2. The molecule has 2 heterocycles. The number of ether oxygens (including phenoxy) is 1. The van der Waals surface area contributed by atoms with Crippen LogP contribution in [0.2, 0.25) is 10.0 Å². The molecule has 0 fully saturated rings. The van der Waals surface area contributed by atoms with E-state index in [1.165, 1.54) is 23.1 Å². The van der Waals surface area contributed by atoms with E-state index in [4.69, 9.17) is 27.9 Å². The maximum Gasteiger partial charge on any atom is 0.236 e. The first kappa shape index (κ1) is 24.5. The van der Waals surface area contributed by atoms with Crippen LogP contribution in [0.15, 0.2) is 59.1 Å². The number of hydrogen-bond donors (Lipinski definition) is 1. The summed E-state index contributed by atoms with van der Waals surface area (Å²) < 4.78 is 7.89. The van der Waals surface area contributed by atoms with Crippen LogP contribution in [0.1, 0.15) is 25.8 Å². The standard InChI is InChI=1S/C23H21Cl2N5O2S2/c1-3-30-21(14(2)32-19-11-16(24)9-10-17(19)25)28-29-23(30)34-13-20(31)27-22-26-18(12-33-22)15-7-5-4-6-8-15/h4-12,14H,3,13H2,1-2H3,(H,26,27,31). The highest BCUT2D eigenvalue weighted by Crippen LogP contribution is 2.32. The number of amides is 1. The Morgan fingerprint density at radius 2 is 2.00 bits per heavy atom. The number of nitrogens with zero attached hydrogens (tertiary/aromatic N) is 4. The van der Waals surface area contributed by atoms with Gasteiger partial charge in [-0.15, -0.1) is 21.5 Å². The Labute approximate surface area is 215 Å². The molecule has 2 aromatic heterocycles. The lowest BCUT2D eigenvalue weighted by Crippen LogP contribution is -2.15. The van der Waals surface area contributed by atoms with E-state index in [9.17, 15) is 4.79 Å². The lowest BCUT2D eigenvalue weighted by Gasteiger charge is -2.16. The van der Waals surface area contributed by atoms with Gasteiger partial charge in [-0.05, 0) is 26.0 Å². The van der Waals surface area contributed by atoms with Gasteiger partial charge < -0.3 is 14.6 Å². The third-order valence-corrected chi connectivity index (χ3v) is 7.05. The summed E-state index contributed by atoms with van der Waals surface area (Å²) in [6.07, 6.45) is -0.418. The van der Waals surface area contributed by atoms with Crippen LogP contribution in [-0.2, 0) is 11.3 Å². The molecule has 1 unspecified atom stereocenters. The molecule has 2 aromatic carbocycles. The Kier molecular flexibility index (Phi) is 8.10. The predicted octanol–water partition coefficient (Wildman–Crippen LogP) is 6.60. The van der Waals surface area contributed by atoms with Crippen molar-refractivity contribution in [3.63, 3.8) is 0 Å². The molecule has 0 aliphatic rings. The van der Waals surface area contributed by atoms with Crippen LogP contribution in [0.25, 0.3) is 11.3 Å². The minimum Gasteiger partial charge on any atom is -0.481 e. The zero-order valence-corrected chi connectivity index (χ0v) is 21.5. The number of hydrogen-bond acceptors (Lipinski definition) is 7. The third-order valence-electron chi connectivity index (χ3n) is 4.77. The SMILES string of the molecule is CCn1c(SCC(=O)Nc2nc(-c3ccccc3)cs2)nnc1C(C)Oc1cc(Cl)ccc1Cl. The zero-order chi connectivity index (χ0) is 24.1. The number of anilines is 1. The van der Waals surface area contributed by atoms with E-state index in [2.05, 4.69) is 20.5 Å². The van der Waals surface area contributed by atoms with Crippen LogP contribution in [0.3, 0.4) is 0 Å². The molecule has 176 valence electrons. The molecule has 1 amide bonds. The predicted molar refractivity (Wildman–Crippen MR) is 138 cm³/mol. The van der Waals surface area contributed by atoms with Crippen LogP contribution >= 0.6 is 46.3 Å². The van der Waals surface area contributed by atoms with Gasteiger partial charge >= 0.3 is 0 Å². The summed E-state index contributed by atoms with van der Waals surface area (Å²) >= 11 is 15.0. The molecule has 7 nitrogen and oxygen atoms in total. The maximum atomic E-state index is 12.5. The molecule has 0 saturated carbocycles. The van der Waals surface area contributed by atoms with E-state index in [0.717, 1.165) is 11.3 Å². The van der Waals surface area contributed by atoms with Crippen molar-refractivity contribution in [3.8, 4) is 17.0 Å². The number of nitrogens with one attached hydrogen (secondary N) is 1. The summed E-state index contributed by atoms with van der Waals surface area (Å²) in [5, 5.41) is 15.5. The molecule has 1 atom stereocenters. The highest BCUT2D eigenvalue weighted by Gasteiger charge is 2.20. The van der Waals surface area contributed by atoms with E-state index >= 15 is 0 Å². The van der Waals surface area contributed by atoms with Crippen LogP contribution in [0.5, 0.6) is 5.75 Å². The van der Waals surface area contributed by atoms with Crippen LogP contribution in [0.4, 0.5) is 5.13 Å².